The molecule has 0 aliphatic rings. The number of ether oxygens (including phenoxy) is 1. The zero-order valence-electron chi connectivity index (χ0n) is 13.5. The summed E-state index contributed by atoms with van der Waals surface area (Å²) in [5.74, 6) is 0.570. The highest BCUT2D eigenvalue weighted by Gasteiger charge is 2.12. The minimum atomic E-state index is -0.668. The maximum absolute atomic E-state index is 11.3. The van der Waals surface area contributed by atoms with Gasteiger partial charge in [0, 0.05) is 11.3 Å². The summed E-state index contributed by atoms with van der Waals surface area (Å²) in [6.45, 7) is 8.00. The second kappa shape index (κ2) is 6.75. The maximum Gasteiger partial charge on any atom is 0.159 e. The third-order valence-corrected chi connectivity index (χ3v) is 3.81. The summed E-state index contributed by atoms with van der Waals surface area (Å²) in [6, 6.07) is 6.96. The molecular formula is C17H22N2O3. The van der Waals surface area contributed by atoms with Gasteiger partial charge >= 0.3 is 0 Å². The van der Waals surface area contributed by atoms with E-state index in [1.165, 1.54) is 6.92 Å². The van der Waals surface area contributed by atoms with E-state index in [0.29, 0.717) is 17.9 Å². The van der Waals surface area contributed by atoms with E-state index in [2.05, 4.69) is 5.10 Å². The quantitative estimate of drug-likeness (QED) is 0.833. The van der Waals surface area contributed by atoms with E-state index in [-0.39, 0.29) is 12.4 Å². The van der Waals surface area contributed by atoms with Gasteiger partial charge in [-0.25, -0.2) is 0 Å². The molecule has 0 radical (unpaired) electrons. The number of aryl methyl sites for hydroxylation is 1. The Morgan fingerprint density at radius 2 is 2.09 bits per heavy atom. The van der Waals surface area contributed by atoms with Gasteiger partial charge in [0.05, 0.1) is 12.2 Å². The lowest BCUT2D eigenvalue weighted by molar-refractivity contribution is 0.0886. The largest absolute Gasteiger partial charge is 0.491 e. The van der Waals surface area contributed by atoms with Crippen molar-refractivity contribution in [1.29, 1.82) is 0 Å². The Morgan fingerprint density at radius 1 is 1.36 bits per heavy atom. The third-order valence-electron chi connectivity index (χ3n) is 3.81. The van der Waals surface area contributed by atoms with Gasteiger partial charge in [-0.15, -0.1) is 0 Å². The van der Waals surface area contributed by atoms with E-state index < -0.39 is 6.10 Å². The highest BCUT2D eigenvalue weighted by atomic mass is 16.5. The van der Waals surface area contributed by atoms with Crippen LogP contribution in [0.5, 0.6) is 5.75 Å². The van der Waals surface area contributed by atoms with Crippen LogP contribution in [0, 0.1) is 20.8 Å². The zero-order chi connectivity index (χ0) is 16.3. The van der Waals surface area contributed by atoms with Crippen molar-refractivity contribution in [3.8, 4) is 5.75 Å². The van der Waals surface area contributed by atoms with Crippen LogP contribution in [0.3, 0.4) is 0 Å². The number of Topliss-reactive ketones (excluding diaryl/α,β-unsaturated/α-hetero) is 1. The second-order valence-corrected chi connectivity index (χ2v) is 5.53. The molecular weight excluding hydrogens is 280 g/mol. The topological polar surface area (TPSA) is 64.3 Å². The molecule has 1 N–H and O–H groups in total. The summed E-state index contributed by atoms with van der Waals surface area (Å²) in [4.78, 5) is 11.3. The Kier molecular flexibility index (Phi) is 4.98. The van der Waals surface area contributed by atoms with Crippen molar-refractivity contribution in [2.75, 3.05) is 6.61 Å². The van der Waals surface area contributed by atoms with Gasteiger partial charge in [-0.3, -0.25) is 9.48 Å². The Morgan fingerprint density at radius 3 is 2.68 bits per heavy atom. The van der Waals surface area contributed by atoms with Gasteiger partial charge in [0.1, 0.15) is 18.5 Å². The predicted octanol–water partition coefficient (Wildman–Crippen LogP) is 2.45. The first kappa shape index (κ1) is 16.2. The van der Waals surface area contributed by atoms with Crippen molar-refractivity contribution in [1.82, 2.24) is 9.78 Å². The Labute approximate surface area is 130 Å². The molecule has 118 valence electrons. The van der Waals surface area contributed by atoms with Crippen LogP contribution in [0.25, 0.3) is 0 Å². The number of hydrogen-bond donors (Lipinski definition) is 1. The van der Waals surface area contributed by atoms with Crippen LogP contribution in [0.1, 0.15) is 34.2 Å². The lowest BCUT2D eigenvalue weighted by Gasteiger charge is -2.14. The number of benzene rings is 1. The highest BCUT2D eigenvalue weighted by molar-refractivity contribution is 5.94. The van der Waals surface area contributed by atoms with Gasteiger partial charge in [0.25, 0.3) is 0 Å². The van der Waals surface area contributed by atoms with Crippen LogP contribution in [0.4, 0.5) is 0 Å². The molecule has 0 amide bonds. The molecule has 1 aromatic heterocycles. The van der Waals surface area contributed by atoms with E-state index in [0.717, 1.165) is 17.0 Å². The molecule has 0 fully saturated rings. The molecule has 1 aromatic carbocycles. The molecule has 2 aromatic rings. The number of carbonyl (C=O) groups excluding carboxylic acids is 1. The Bertz CT molecular complexity index is 677. The Balaban J connectivity index is 1.95. The Hall–Kier alpha value is -2.14. The normalized spacial score (nSPS) is 12.2. The minimum absolute atomic E-state index is 0.0101. The highest BCUT2D eigenvalue weighted by Crippen LogP contribution is 2.15. The van der Waals surface area contributed by atoms with Crippen LogP contribution in [0.2, 0.25) is 0 Å². The molecule has 0 bridgehead atoms. The minimum Gasteiger partial charge on any atom is -0.491 e. The number of aliphatic hydroxyl groups is 1. The molecule has 22 heavy (non-hydrogen) atoms. The van der Waals surface area contributed by atoms with Gasteiger partial charge in [-0.2, -0.15) is 5.10 Å². The lowest BCUT2D eigenvalue weighted by Crippen LogP contribution is -2.24. The van der Waals surface area contributed by atoms with Crippen LogP contribution in [0.15, 0.2) is 24.3 Å². The first-order valence-corrected chi connectivity index (χ1v) is 7.31. The van der Waals surface area contributed by atoms with Crippen molar-refractivity contribution < 1.29 is 14.6 Å². The monoisotopic (exact) mass is 302 g/mol. The van der Waals surface area contributed by atoms with E-state index in [4.69, 9.17) is 4.74 Å². The number of aromatic nitrogens is 2. The molecule has 0 saturated heterocycles. The van der Waals surface area contributed by atoms with Gasteiger partial charge in [0.15, 0.2) is 5.78 Å². The fourth-order valence-electron chi connectivity index (χ4n) is 2.21. The van der Waals surface area contributed by atoms with Crippen molar-refractivity contribution in [2.24, 2.45) is 0 Å². The maximum atomic E-state index is 11.3. The van der Waals surface area contributed by atoms with Crippen LogP contribution in [-0.2, 0) is 6.54 Å². The van der Waals surface area contributed by atoms with E-state index in [1.807, 2.05) is 20.8 Å². The van der Waals surface area contributed by atoms with Crippen molar-refractivity contribution in [2.45, 2.75) is 40.3 Å². The molecule has 0 aliphatic carbocycles. The fourth-order valence-corrected chi connectivity index (χ4v) is 2.21. The fraction of sp³-hybridized carbons (Fsp3) is 0.412. The summed E-state index contributed by atoms with van der Waals surface area (Å²) >= 11 is 0. The summed E-state index contributed by atoms with van der Waals surface area (Å²) in [5, 5.41) is 14.5. The predicted molar refractivity (Wildman–Crippen MR) is 84.4 cm³/mol. The number of rotatable bonds is 6. The average molecular weight is 302 g/mol. The van der Waals surface area contributed by atoms with Crippen LogP contribution < -0.4 is 4.74 Å². The summed E-state index contributed by atoms with van der Waals surface area (Å²) in [7, 11) is 0. The molecule has 0 aliphatic heterocycles. The van der Waals surface area contributed by atoms with Gasteiger partial charge in [0.2, 0.25) is 0 Å². The average Bonchev–Trinajstić information content (AvgIpc) is 2.73. The first-order chi connectivity index (χ1) is 10.4. The van der Waals surface area contributed by atoms with Crippen molar-refractivity contribution in [3.05, 3.63) is 46.8 Å². The lowest BCUT2D eigenvalue weighted by atomic mass is 10.1. The van der Waals surface area contributed by atoms with Crippen LogP contribution >= 0.6 is 0 Å². The summed E-state index contributed by atoms with van der Waals surface area (Å²) in [5.41, 5.74) is 3.76. The molecule has 0 saturated carbocycles. The van der Waals surface area contributed by atoms with E-state index in [9.17, 15) is 9.90 Å². The van der Waals surface area contributed by atoms with E-state index in [1.54, 1.807) is 28.9 Å². The smallest absolute Gasteiger partial charge is 0.159 e. The van der Waals surface area contributed by atoms with E-state index >= 15 is 0 Å². The zero-order valence-corrected chi connectivity index (χ0v) is 13.5. The molecule has 2 rings (SSSR count). The van der Waals surface area contributed by atoms with Crippen LogP contribution in [-0.4, -0.2) is 33.4 Å². The van der Waals surface area contributed by atoms with Crippen molar-refractivity contribution >= 4 is 5.78 Å². The number of nitrogens with zero attached hydrogens (tertiary/aromatic N) is 2. The summed E-state index contributed by atoms with van der Waals surface area (Å²) < 4.78 is 7.36. The molecule has 0 unspecified atom stereocenters. The molecule has 1 atom stereocenters. The van der Waals surface area contributed by atoms with Crippen molar-refractivity contribution in [3.63, 3.8) is 0 Å². The molecule has 5 nitrogen and oxygen atoms in total. The summed E-state index contributed by atoms with van der Waals surface area (Å²) in [6.07, 6.45) is -0.668. The molecule has 1 heterocycles. The molecule has 0 spiro atoms. The number of carbonyl (C=O) groups is 1. The SMILES string of the molecule is CC(=O)c1cccc(OC[C@@H](O)Cn2nc(C)c(C)c2C)c1. The van der Waals surface area contributed by atoms with Gasteiger partial charge in [-0.05, 0) is 45.4 Å². The van der Waals surface area contributed by atoms with Gasteiger partial charge in [-0.1, -0.05) is 12.1 Å². The molecule has 5 heteroatoms. The second-order valence-electron chi connectivity index (χ2n) is 5.53. The van der Waals surface area contributed by atoms with Gasteiger partial charge < -0.3 is 9.84 Å². The third kappa shape index (κ3) is 3.74. The standard InChI is InChI=1S/C17H22N2O3/c1-11-12(2)18-19(13(11)3)9-16(21)10-22-17-7-5-6-15(8-17)14(4)20/h5-8,16,21H,9-10H2,1-4H3/t16-/m0/s1. The number of hydrogen-bond acceptors (Lipinski definition) is 4. The number of aliphatic hydroxyl groups excluding tert-OH is 1. The first-order valence-electron chi connectivity index (χ1n) is 7.31. The number of ketones is 1.